The summed E-state index contributed by atoms with van der Waals surface area (Å²) in [4.78, 5) is 20.3. The van der Waals surface area contributed by atoms with Gasteiger partial charge in [0.2, 0.25) is 0 Å². The van der Waals surface area contributed by atoms with Crippen molar-refractivity contribution < 1.29 is 81.3 Å². The van der Waals surface area contributed by atoms with Gasteiger partial charge in [-0.05, 0) is 0 Å². The molecule has 0 aliphatic rings. The fourth-order valence-corrected chi connectivity index (χ4v) is 1.92. The Hall–Kier alpha value is -2.04. The van der Waals surface area contributed by atoms with Gasteiger partial charge in [-0.15, -0.1) is 0 Å². The lowest BCUT2D eigenvalue weighted by atomic mass is 9.67. The largest absolute Gasteiger partial charge is 0.478 e. The minimum absolute atomic E-state index is 4.69. The molecular formula is C9H2F14O4. The van der Waals surface area contributed by atoms with Gasteiger partial charge in [-0.2, -0.15) is 48.3 Å². The number of carboxylic acids is 2. The Morgan fingerprint density at radius 3 is 0.963 bits per heavy atom. The summed E-state index contributed by atoms with van der Waals surface area (Å²) in [5.41, 5.74) is -16.6. The van der Waals surface area contributed by atoms with Crippen LogP contribution in [0.25, 0.3) is 0 Å². The maximum Gasteiger partial charge on any atom is 0.439 e. The van der Waals surface area contributed by atoms with E-state index in [1.54, 1.807) is 0 Å². The molecular weight excluding hydrogens is 438 g/mol. The third kappa shape index (κ3) is 2.82. The minimum atomic E-state index is -8.66. The number of alkyl halides is 14. The Bertz CT molecular complexity index is 600. The van der Waals surface area contributed by atoms with Crippen LogP contribution in [0.2, 0.25) is 0 Å². The summed E-state index contributed by atoms with van der Waals surface area (Å²) in [5, 5.41) is 15.7. The fourth-order valence-electron chi connectivity index (χ4n) is 1.92. The van der Waals surface area contributed by atoms with Crippen molar-refractivity contribution in [3.63, 3.8) is 0 Å². The first-order valence-corrected chi connectivity index (χ1v) is 5.50. The van der Waals surface area contributed by atoms with Crippen molar-refractivity contribution in [3.8, 4) is 0 Å². The van der Waals surface area contributed by atoms with E-state index in [4.69, 9.17) is 10.2 Å². The second kappa shape index (κ2) is 5.98. The van der Waals surface area contributed by atoms with E-state index in [9.17, 15) is 71.1 Å². The van der Waals surface area contributed by atoms with Gasteiger partial charge in [0, 0.05) is 0 Å². The zero-order valence-electron chi connectivity index (χ0n) is 11.5. The molecule has 18 heteroatoms. The smallest absolute Gasteiger partial charge is 0.439 e. The normalized spacial score (nSPS) is 17.4. The SMILES string of the molecule is O=C(O)C(F)(F)C(C(F)(F)F)(C(F)(F)F)C(F)(F)C(F)(C(=O)O)C(F)(F)F. The molecule has 0 amide bonds. The van der Waals surface area contributed by atoms with Gasteiger partial charge in [-0.25, -0.2) is 22.8 Å². The van der Waals surface area contributed by atoms with E-state index in [0.29, 0.717) is 0 Å². The number of hydrogen-bond donors (Lipinski definition) is 2. The fraction of sp³-hybridized carbons (Fsp3) is 0.778. The quantitative estimate of drug-likeness (QED) is 0.638. The predicted molar refractivity (Wildman–Crippen MR) is 49.6 cm³/mol. The molecule has 0 saturated heterocycles. The van der Waals surface area contributed by atoms with Crippen molar-refractivity contribution in [2.75, 3.05) is 0 Å². The van der Waals surface area contributed by atoms with E-state index in [0.717, 1.165) is 0 Å². The van der Waals surface area contributed by atoms with Crippen LogP contribution in [-0.2, 0) is 9.59 Å². The lowest BCUT2D eigenvalue weighted by molar-refractivity contribution is -0.470. The van der Waals surface area contributed by atoms with Crippen molar-refractivity contribution >= 4 is 11.9 Å². The van der Waals surface area contributed by atoms with E-state index in [1.165, 1.54) is 0 Å². The molecule has 27 heavy (non-hydrogen) atoms. The minimum Gasteiger partial charge on any atom is -0.478 e. The molecule has 0 spiro atoms. The zero-order chi connectivity index (χ0) is 22.7. The lowest BCUT2D eigenvalue weighted by Crippen LogP contribution is -2.79. The number of carbonyl (C=O) groups is 2. The predicted octanol–water partition coefficient (Wildman–Crippen LogP) is 3.81. The lowest BCUT2D eigenvalue weighted by Gasteiger charge is -2.48. The van der Waals surface area contributed by atoms with Gasteiger partial charge in [-0.3, -0.25) is 0 Å². The molecule has 0 rings (SSSR count). The Balaban J connectivity index is 7.80. The number of halogens is 14. The summed E-state index contributed by atoms with van der Waals surface area (Å²) < 4.78 is 181. The first kappa shape index (κ1) is 25.0. The number of aliphatic carboxylic acids is 2. The highest BCUT2D eigenvalue weighted by Gasteiger charge is 3.01. The summed E-state index contributed by atoms with van der Waals surface area (Å²) in [6, 6.07) is 0. The molecule has 0 radical (unpaired) electrons. The van der Waals surface area contributed by atoms with Crippen molar-refractivity contribution in [1.29, 1.82) is 0 Å². The second-order valence-electron chi connectivity index (χ2n) is 4.66. The standard InChI is InChI=1S/C9H2F14O4/c10-3(1(24)25,7(15,16)17)6(13,14)5(8(18,19)20,9(21,22)23)4(11,12)2(26)27/h(H,24,25)(H,26,27). The molecule has 0 heterocycles. The summed E-state index contributed by atoms with van der Waals surface area (Å²) in [5.74, 6) is -26.0. The van der Waals surface area contributed by atoms with Crippen LogP contribution in [-0.4, -0.2) is 58.2 Å². The molecule has 0 aromatic heterocycles. The maximum absolute atomic E-state index is 13.7. The molecule has 4 nitrogen and oxygen atoms in total. The molecule has 1 atom stereocenters. The van der Waals surface area contributed by atoms with Crippen LogP contribution >= 0.6 is 0 Å². The first-order chi connectivity index (χ1) is 11.4. The van der Waals surface area contributed by atoms with Gasteiger partial charge in [0.25, 0.3) is 0 Å². The van der Waals surface area contributed by atoms with Crippen LogP contribution in [0.1, 0.15) is 0 Å². The maximum atomic E-state index is 13.7. The monoisotopic (exact) mass is 440 g/mol. The highest BCUT2D eigenvalue weighted by Crippen LogP contribution is 2.70. The third-order valence-corrected chi connectivity index (χ3v) is 3.18. The van der Waals surface area contributed by atoms with E-state index < -0.39 is 53.4 Å². The van der Waals surface area contributed by atoms with E-state index in [1.807, 2.05) is 0 Å². The molecule has 0 aromatic rings. The van der Waals surface area contributed by atoms with Crippen LogP contribution in [0.5, 0.6) is 0 Å². The Morgan fingerprint density at radius 1 is 0.519 bits per heavy atom. The molecule has 1 unspecified atom stereocenters. The van der Waals surface area contributed by atoms with Crippen molar-refractivity contribution in [1.82, 2.24) is 0 Å². The molecule has 0 aliphatic carbocycles. The summed E-state index contributed by atoms with van der Waals surface area (Å²) in [7, 11) is 0. The summed E-state index contributed by atoms with van der Waals surface area (Å²) in [6.07, 6.45) is -24.5. The van der Waals surface area contributed by atoms with E-state index in [-0.39, 0.29) is 0 Å². The topological polar surface area (TPSA) is 74.6 Å². The molecule has 0 aliphatic heterocycles. The van der Waals surface area contributed by atoms with Crippen LogP contribution in [0.3, 0.4) is 0 Å². The van der Waals surface area contributed by atoms with Crippen LogP contribution in [0.15, 0.2) is 0 Å². The number of hydrogen-bond acceptors (Lipinski definition) is 2. The Morgan fingerprint density at radius 2 is 0.815 bits per heavy atom. The van der Waals surface area contributed by atoms with Crippen LogP contribution in [0, 0.1) is 5.41 Å². The number of carboxylic acid groups (broad SMARTS) is 2. The molecule has 160 valence electrons. The summed E-state index contributed by atoms with van der Waals surface area (Å²) >= 11 is 0. The van der Waals surface area contributed by atoms with Gasteiger partial charge in [0.05, 0.1) is 0 Å². The average molecular weight is 440 g/mol. The molecule has 0 bridgehead atoms. The average Bonchev–Trinajstić information content (AvgIpc) is 2.31. The number of rotatable bonds is 5. The molecule has 0 aromatic carbocycles. The van der Waals surface area contributed by atoms with E-state index in [2.05, 4.69) is 0 Å². The van der Waals surface area contributed by atoms with E-state index >= 15 is 0 Å². The molecule has 2 N–H and O–H groups in total. The Kier molecular flexibility index (Phi) is 5.53. The highest BCUT2D eigenvalue weighted by atomic mass is 19.4. The Labute approximate surface area is 136 Å². The van der Waals surface area contributed by atoms with Gasteiger partial charge < -0.3 is 10.2 Å². The van der Waals surface area contributed by atoms with Gasteiger partial charge in [0.15, 0.2) is 0 Å². The van der Waals surface area contributed by atoms with Crippen molar-refractivity contribution in [3.05, 3.63) is 0 Å². The first-order valence-electron chi connectivity index (χ1n) is 5.50. The van der Waals surface area contributed by atoms with Crippen LogP contribution < -0.4 is 0 Å². The third-order valence-electron chi connectivity index (χ3n) is 3.18. The highest BCUT2D eigenvalue weighted by molar-refractivity contribution is 5.82. The van der Waals surface area contributed by atoms with Gasteiger partial charge in [0.1, 0.15) is 0 Å². The molecule has 0 saturated carbocycles. The van der Waals surface area contributed by atoms with Crippen molar-refractivity contribution in [2.45, 2.75) is 36.0 Å². The van der Waals surface area contributed by atoms with Crippen molar-refractivity contribution in [2.24, 2.45) is 5.41 Å². The molecule has 0 fully saturated rings. The van der Waals surface area contributed by atoms with Crippen LogP contribution in [0.4, 0.5) is 61.5 Å². The second-order valence-corrected chi connectivity index (χ2v) is 4.66. The van der Waals surface area contributed by atoms with Gasteiger partial charge >= 0.3 is 53.4 Å². The van der Waals surface area contributed by atoms with Gasteiger partial charge in [-0.1, -0.05) is 0 Å². The zero-order valence-corrected chi connectivity index (χ0v) is 11.5. The summed E-state index contributed by atoms with van der Waals surface area (Å²) in [6.45, 7) is 0.